The Bertz CT molecular complexity index is 607. The van der Waals surface area contributed by atoms with Crippen molar-refractivity contribution >= 4 is 23.3 Å². The number of hydrogen-bond donors (Lipinski definition) is 1. The third-order valence-corrected chi connectivity index (χ3v) is 3.84. The van der Waals surface area contributed by atoms with Gasteiger partial charge in [-0.2, -0.15) is 5.26 Å². The summed E-state index contributed by atoms with van der Waals surface area (Å²) in [6.45, 7) is 1.81. The van der Waals surface area contributed by atoms with Gasteiger partial charge < -0.3 is 5.32 Å². The molecule has 0 bridgehead atoms. The second kappa shape index (κ2) is 5.56. The first-order valence-electron chi connectivity index (χ1n) is 6.32. The highest BCUT2D eigenvalue weighted by Gasteiger charge is 2.35. The summed E-state index contributed by atoms with van der Waals surface area (Å²) in [6.07, 6.45) is 3.56. The molecular formula is C15H16ClN3. The van der Waals surface area contributed by atoms with Gasteiger partial charge in [-0.05, 0) is 43.6 Å². The van der Waals surface area contributed by atoms with E-state index < -0.39 is 0 Å². The molecule has 98 valence electrons. The summed E-state index contributed by atoms with van der Waals surface area (Å²) >= 11 is 0. The first kappa shape index (κ1) is 13.8. The average molecular weight is 274 g/mol. The zero-order valence-corrected chi connectivity index (χ0v) is 11.4. The molecule has 0 radical (unpaired) electrons. The SMILES string of the molecule is Cl.N#CC1(c2ccnc3ccccc23)CCNCC1. The Morgan fingerprint density at radius 1 is 1.16 bits per heavy atom. The van der Waals surface area contributed by atoms with Crippen LogP contribution in [0.1, 0.15) is 18.4 Å². The van der Waals surface area contributed by atoms with Crippen LogP contribution in [-0.2, 0) is 5.41 Å². The molecule has 2 aromatic rings. The molecule has 3 nitrogen and oxygen atoms in total. The van der Waals surface area contributed by atoms with Crippen LogP contribution in [0, 0.1) is 11.3 Å². The Labute approximate surface area is 119 Å². The normalized spacial score (nSPS) is 17.4. The Morgan fingerprint density at radius 2 is 1.89 bits per heavy atom. The lowest BCUT2D eigenvalue weighted by atomic mass is 9.73. The van der Waals surface area contributed by atoms with E-state index in [0.717, 1.165) is 42.4 Å². The summed E-state index contributed by atoms with van der Waals surface area (Å²) in [5.41, 5.74) is 1.76. The highest BCUT2D eigenvalue weighted by molar-refractivity contribution is 5.85. The molecule has 2 heterocycles. The van der Waals surface area contributed by atoms with Gasteiger partial charge in [-0.3, -0.25) is 4.98 Å². The van der Waals surface area contributed by atoms with E-state index in [1.165, 1.54) is 0 Å². The van der Waals surface area contributed by atoms with Crippen LogP contribution in [0.25, 0.3) is 10.9 Å². The fourth-order valence-electron chi connectivity index (χ4n) is 2.81. The number of nitrogens with one attached hydrogen (secondary N) is 1. The Morgan fingerprint density at radius 3 is 2.63 bits per heavy atom. The molecule has 0 spiro atoms. The number of rotatable bonds is 1. The number of piperidine rings is 1. The van der Waals surface area contributed by atoms with Gasteiger partial charge in [0.15, 0.2) is 0 Å². The van der Waals surface area contributed by atoms with E-state index >= 15 is 0 Å². The number of hydrogen-bond acceptors (Lipinski definition) is 3. The maximum absolute atomic E-state index is 9.66. The minimum absolute atomic E-state index is 0. The van der Waals surface area contributed by atoms with E-state index in [0.29, 0.717) is 0 Å². The molecule has 1 N–H and O–H groups in total. The maximum Gasteiger partial charge on any atom is 0.0853 e. The van der Waals surface area contributed by atoms with Crippen LogP contribution in [0.5, 0.6) is 0 Å². The van der Waals surface area contributed by atoms with Crippen molar-refractivity contribution in [3.8, 4) is 6.07 Å². The van der Waals surface area contributed by atoms with Gasteiger partial charge in [0.1, 0.15) is 0 Å². The molecule has 1 aliphatic rings. The van der Waals surface area contributed by atoms with Crippen LogP contribution in [-0.4, -0.2) is 18.1 Å². The fourth-order valence-corrected chi connectivity index (χ4v) is 2.81. The van der Waals surface area contributed by atoms with Crippen LogP contribution in [0.2, 0.25) is 0 Å². The maximum atomic E-state index is 9.66. The lowest BCUT2D eigenvalue weighted by molar-refractivity contribution is 0.384. The van der Waals surface area contributed by atoms with Crippen molar-refractivity contribution in [2.75, 3.05) is 13.1 Å². The van der Waals surface area contributed by atoms with E-state index in [2.05, 4.69) is 22.4 Å². The second-order valence-corrected chi connectivity index (χ2v) is 4.82. The molecule has 1 fully saturated rings. The largest absolute Gasteiger partial charge is 0.317 e. The molecule has 1 saturated heterocycles. The van der Waals surface area contributed by atoms with Crippen LogP contribution < -0.4 is 5.32 Å². The van der Waals surface area contributed by atoms with Gasteiger partial charge in [0, 0.05) is 11.6 Å². The van der Waals surface area contributed by atoms with Gasteiger partial charge >= 0.3 is 0 Å². The monoisotopic (exact) mass is 273 g/mol. The van der Waals surface area contributed by atoms with Crippen molar-refractivity contribution in [2.45, 2.75) is 18.3 Å². The Balaban J connectivity index is 0.00000133. The molecular weight excluding hydrogens is 258 g/mol. The van der Waals surface area contributed by atoms with Crippen molar-refractivity contribution in [3.63, 3.8) is 0 Å². The first-order chi connectivity index (χ1) is 8.86. The molecule has 0 amide bonds. The molecule has 0 atom stereocenters. The number of halogens is 1. The van der Waals surface area contributed by atoms with Gasteiger partial charge in [0.25, 0.3) is 0 Å². The molecule has 1 aromatic heterocycles. The summed E-state index contributed by atoms with van der Waals surface area (Å²) in [5, 5.41) is 14.1. The first-order valence-corrected chi connectivity index (χ1v) is 6.32. The predicted octanol–water partition coefficient (Wildman–Crippen LogP) is 2.80. The summed E-state index contributed by atoms with van der Waals surface area (Å²) in [7, 11) is 0. The third kappa shape index (κ3) is 2.30. The summed E-state index contributed by atoms with van der Waals surface area (Å²) in [4.78, 5) is 4.38. The molecule has 19 heavy (non-hydrogen) atoms. The second-order valence-electron chi connectivity index (χ2n) is 4.82. The fraction of sp³-hybridized carbons (Fsp3) is 0.333. The third-order valence-electron chi connectivity index (χ3n) is 3.84. The molecule has 4 heteroatoms. The quantitative estimate of drug-likeness (QED) is 0.869. The zero-order valence-electron chi connectivity index (χ0n) is 10.6. The minimum Gasteiger partial charge on any atom is -0.317 e. The van der Waals surface area contributed by atoms with E-state index in [1.807, 2.05) is 30.5 Å². The number of nitriles is 1. The van der Waals surface area contributed by atoms with Gasteiger partial charge in [0.2, 0.25) is 0 Å². The number of benzene rings is 1. The number of pyridine rings is 1. The molecule has 0 aliphatic carbocycles. The lowest BCUT2D eigenvalue weighted by Crippen LogP contribution is -2.39. The topological polar surface area (TPSA) is 48.7 Å². The number of para-hydroxylation sites is 1. The number of nitrogens with zero attached hydrogens (tertiary/aromatic N) is 2. The van der Waals surface area contributed by atoms with E-state index in [4.69, 9.17) is 0 Å². The highest BCUT2D eigenvalue weighted by Crippen LogP contribution is 2.36. The van der Waals surface area contributed by atoms with Crippen LogP contribution in [0.4, 0.5) is 0 Å². The zero-order chi connectivity index (χ0) is 12.4. The minimum atomic E-state index is -0.353. The van der Waals surface area contributed by atoms with Gasteiger partial charge in [-0.15, -0.1) is 12.4 Å². The lowest BCUT2D eigenvalue weighted by Gasteiger charge is -2.32. The smallest absolute Gasteiger partial charge is 0.0853 e. The van der Waals surface area contributed by atoms with Gasteiger partial charge in [0.05, 0.1) is 17.0 Å². The van der Waals surface area contributed by atoms with Crippen molar-refractivity contribution in [1.29, 1.82) is 5.26 Å². The Hall–Kier alpha value is -1.63. The van der Waals surface area contributed by atoms with Crippen molar-refractivity contribution < 1.29 is 0 Å². The summed E-state index contributed by atoms with van der Waals surface area (Å²) in [5.74, 6) is 0. The highest BCUT2D eigenvalue weighted by atomic mass is 35.5. The van der Waals surface area contributed by atoms with Gasteiger partial charge in [-0.25, -0.2) is 0 Å². The predicted molar refractivity (Wildman–Crippen MR) is 78.4 cm³/mol. The van der Waals surface area contributed by atoms with E-state index in [1.54, 1.807) is 0 Å². The molecule has 1 aliphatic heterocycles. The molecule has 0 saturated carbocycles. The molecule has 3 rings (SSSR count). The number of fused-ring (bicyclic) bond motifs is 1. The molecule has 0 unspecified atom stereocenters. The van der Waals surface area contributed by atoms with Crippen molar-refractivity contribution in [3.05, 3.63) is 42.1 Å². The Kier molecular flexibility index (Phi) is 4.04. The molecule has 1 aromatic carbocycles. The summed E-state index contributed by atoms with van der Waals surface area (Å²) < 4.78 is 0. The number of aromatic nitrogens is 1. The van der Waals surface area contributed by atoms with Crippen molar-refractivity contribution in [2.24, 2.45) is 0 Å². The standard InChI is InChI=1S/C15H15N3.ClH/c16-11-15(6-9-17-10-7-15)13-5-8-18-14-4-2-1-3-12(13)14;/h1-5,8,17H,6-7,9-10H2;1H. The van der Waals surface area contributed by atoms with Crippen molar-refractivity contribution in [1.82, 2.24) is 10.3 Å². The van der Waals surface area contributed by atoms with Gasteiger partial charge in [-0.1, -0.05) is 18.2 Å². The summed E-state index contributed by atoms with van der Waals surface area (Å²) in [6, 6.07) is 12.6. The van der Waals surface area contributed by atoms with Crippen LogP contribution in [0.15, 0.2) is 36.5 Å². The van der Waals surface area contributed by atoms with E-state index in [-0.39, 0.29) is 17.8 Å². The average Bonchev–Trinajstić information content (AvgIpc) is 2.47. The van der Waals surface area contributed by atoms with Crippen LogP contribution >= 0.6 is 12.4 Å². The van der Waals surface area contributed by atoms with Crippen LogP contribution in [0.3, 0.4) is 0 Å². The van der Waals surface area contributed by atoms with E-state index in [9.17, 15) is 5.26 Å².